The fourth-order valence-electron chi connectivity index (χ4n) is 1.70. The summed E-state index contributed by atoms with van der Waals surface area (Å²) in [6, 6.07) is 4.10. The molecule has 0 spiro atoms. The molecule has 1 aromatic carbocycles. The second-order valence-electron chi connectivity index (χ2n) is 3.91. The van der Waals surface area contributed by atoms with E-state index in [2.05, 4.69) is 10.2 Å². The van der Waals surface area contributed by atoms with E-state index in [0.29, 0.717) is 5.52 Å². The molecule has 0 radical (unpaired) electrons. The predicted octanol–water partition coefficient (Wildman–Crippen LogP) is -0.260. The van der Waals surface area contributed by atoms with Crippen LogP contribution < -0.4 is 0 Å². The van der Waals surface area contributed by atoms with E-state index in [0.717, 1.165) is 0 Å². The minimum Gasteiger partial charge on any atom is -0.479 e. The summed E-state index contributed by atoms with van der Waals surface area (Å²) in [5, 5.41) is 42.8. The zero-order chi connectivity index (χ0) is 14.2. The zero-order valence-corrected chi connectivity index (χ0v) is 9.44. The quantitative estimate of drug-likeness (QED) is 0.512. The van der Waals surface area contributed by atoms with Gasteiger partial charge < -0.3 is 20.4 Å². The Balaban J connectivity index is 2.48. The summed E-state index contributed by atoms with van der Waals surface area (Å²) in [5.74, 6) is -2.82. The van der Waals surface area contributed by atoms with E-state index in [-0.39, 0.29) is 16.6 Å². The molecule has 2 rings (SSSR count). The van der Waals surface area contributed by atoms with Crippen molar-refractivity contribution in [2.24, 2.45) is 0 Å². The molecule has 19 heavy (non-hydrogen) atoms. The molecule has 0 aliphatic carbocycles. The Morgan fingerprint density at radius 1 is 1.21 bits per heavy atom. The van der Waals surface area contributed by atoms with Crippen molar-refractivity contribution >= 4 is 22.8 Å². The van der Waals surface area contributed by atoms with Crippen LogP contribution in [0.1, 0.15) is 22.2 Å². The number of hydrogen-bond donors (Lipinski definition) is 5. The Morgan fingerprint density at radius 2 is 1.89 bits per heavy atom. The second kappa shape index (κ2) is 4.67. The standard InChI is InChI=1S/C11H10N2O6/c14-8(9(15)11(18)19)4-1-2-6-5(3-4)7(10(16)17)13-12-6/h1-3,8-9,14-15H,(H,12,13)(H,16,17)(H,18,19). The summed E-state index contributed by atoms with van der Waals surface area (Å²) in [5.41, 5.74) is 0.276. The predicted molar refractivity (Wildman–Crippen MR) is 61.7 cm³/mol. The molecule has 5 N–H and O–H groups in total. The Morgan fingerprint density at radius 3 is 2.47 bits per heavy atom. The number of nitrogens with zero attached hydrogens (tertiary/aromatic N) is 1. The largest absolute Gasteiger partial charge is 0.479 e. The highest BCUT2D eigenvalue weighted by molar-refractivity contribution is 6.01. The van der Waals surface area contributed by atoms with Gasteiger partial charge in [-0.1, -0.05) is 6.07 Å². The maximum atomic E-state index is 10.9. The van der Waals surface area contributed by atoms with Gasteiger partial charge in [0.25, 0.3) is 0 Å². The minimum atomic E-state index is -1.99. The van der Waals surface area contributed by atoms with Crippen LogP contribution in [0.2, 0.25) is 0 Å². The Hall–Kier alpha value is -2.45. The molecule has 0 aliphatic rings. The van der Waals surface area contributed by atoms with Crippen molar-refractivity contribution < 1.29 is 30.0 Å². The highest BCUT2D eigenvalue weighted by atomic mass is 16.4. The number of rotatable bonds is 4. The molecule has 2 atom stereocenters. The van der Waals surface area contributed by atoms with Crippen molar-refractivity contribution in [3.63, 3.8) is 0 Å². The molecule has 0 amide bonds. The molecule has 8 heteroatoms. The minimum absolute atomic E-state index is 0.0892. The fraction of sp³-hybridized carbons (Fsp3) is 0.182. The lowest BCUT2D eigenvalue weighted by Gasteiger charge is -2.14. The first-order chi connectivity index (χ1) is 8.91. The van der Waals surface area contributed by atoms with E-state index in [9.17, 15) is 19.8 Å². The van der Waals surface area contributed by atoms with Crippen LogP contribution in [0.4, 0.5) is 0 Å². The van der Waals surface area contributed by atoms with Gasteiger partial charge in [-0.05, 0) is 17.7 Å². The number of hydrogen-bond acceptors (Lipinski definition) is 5. The molecular formula is C11H10N2O6. The van der Waals surface area contributed by atoms with Crippen molar-refractivity contribution in [3.8, 4) is 0 Å². The molecule has 0 saturated carbocycles. The lowest BCUT2D eigenvalue weighted by molar-refractivity contribution is -0.153. The molecule has 2 aromatic rings. The summed E-state index contributed by atoms with van der Waals surface area (Å²) in [7, 11) is 0. The van der Waals surface area contributed by atoms with Gasteiger partial charge in [-0.2, -0.15) is 5.10 Å². The van der Waals surface area contributed by atoms with Gasteiger partial charge in [0, 0.05) is 5.39 Å². The number of aromatic amines is 1. The van der Waals surface area contributed by atoms with Crippen LogP contribution in [-0.2, 0) is 4.79 Å². The van der Waals surface area contributed by atoms with Gasteiger partial charge in [0.1, 0.15) is 6.10 Å². The van der Waals surface area contributed by atoms with Crippen LogP contribution >= 0.6 is 0 Å². The van der Waals surface area contributed by atoms with Crippen LogP contribution in [0.15, 0.2) is 18.2 Å². The van der Waals surface area contributed by atoms with E-state index >= 15 is 0 Å². The molecule has 0 fully saturated rings. The molecule has 2 unspecified atom stereocenters. The van der Waals surface area contributed by atoms with Crippen molar-refractivity contribution in [2.45, 2.75) is 12.2 Å². The Bertz CT molecular complexity index is 650. The molecule has 0 aliphatic heterocycles. The highest BCUT2D eigenvalue weighted by Gasteiger charge is 2.26. The topological polar surface area (TPSA) is 144 Å². The number of fused-ring (bicyclic) bond motifs is 1. The van der Waals surface area contributed by atoms with Crippen LogP contribution in [-0.4, -0.2) is 48.7 Å². The summed E-state index contributed by atoms with van der Waals surface area (Å²) < 4.78 is 0. The second-order valence-corrected chi connectivity index (χ2v) is 3.91. The van der Waals surface area contributed by atoms with E-state index in [4.69, 9.17) is 10.2 Å². The van der Waals surface area contributed by atoms with Gasteiger partial charge in [0.2, 0.25) is 0 Å². The van der Waals surface area contributed by atoms with E-state index in [1.165, 1.54) is 18.2 Å². The molecule has 100 valence electrons. The average molecular weight is 266 g/mol. The zero-order valence-electron chi connectivity index (χ0n) is 9.44. The SMILES string of the molecule is O=C(O)c1n[nH]c2ccc(C(O)C(O)C(=O)O)cc12. The van der Waals surface area contributed by atoms with Gasteiger partial charge >= 0.3 is 11.9 Å². The molecule has 8 nitrogen and oxygen atoms in total. The third-order valence-corrected chi connectivity index (χ3v) is 2.68. The number of aliphatic hydroxyl groups excluding tert-OH is 2. The van der Waals surface area contributed by atoms with Gasteiger partial charge in [-0.3, -0.25) is 5.10 Å². The molecule has 0 bridgehead atoms. The van der Waals surface area contributed by atoms with Crippen molar-refractivity contribution in [3.05, 3.63) is 29.5 Å². The maximum Gasteiger partial charge on any atom is 0.357 e. The number of carboxylic acids is 2. The normalized spacial score (nSPS) is 14.2. The first kappa shape index (κ1) is 13.0. The first-order valence-corrected chi connectivity index (χ1v) is 5.22. The van der Waals surface area contributed by atoms with Crippen LogP contribution in [0.3, 0.4) is 0 Å². The smallest absolute Gasteiger partial charge is 0.357 e. The van der Waals surface area contributed by atoms with Crippen LogP contribution in [0.5, 0.6) is 0 Å². The molecular weight excluding hydrogens is 256 g/mol. The average Bonchev–Trinajstić information content (AvgIpc) is 2.79. The van der Waals surface area contributed by atoms with Gasteiger partial charge in [-0.15, -0.1) is 0 Å². The number of benzene rings is 1. The first-order valence-electron chi connectivity index (χ1n) is 5.22. The molecule has 1 heterocycles. The summed E-state index contributed by atoms with van der Waals surface area (Å²) in [4.78, 5) is 21.5. The van der Waals surface area contributed by atoms with E-state index in [1.54, 1.807) is 0 Å². The third-order valence-electron chi connectivity index (χ3n) is 2.68. The van der Waals surface area contributed by atoms with Crippen LogP contribution in [0.25, 0.3) is 10.9 Å². The Labute approximate surface area is 105 Å². The number of H-pyrrole nitrogens is 1. The highest BCUT2D eigenvalue weighted by Crippen LogP contribution is 2.23. The number of aromatic carboxylic acids is 1. The van der Waals surface area contributed by atoms with Crippen molar-refractivity contribution in [2.75, 3.05) is 0 Å². The summed E-state index contributed by atoms with van der Waals surface area (Å²) >= 11 is 0. The van der Waals surface area contributed by atoms with Crippen molar-refractivity contribution in [1.82, 2.24) is 10.2 Å². The van der Waals surface area contributed by atoms with E-state index < -0.39 is 24.1 Å². The van der Waals surface area contributed by atoms with E-state index in [1.807, 2.05) is 0 Å². The van der Waals surface area contributed by atoms with Crippen LogP contribution in [0, 0.1) is 0 Å². The van der Waals surface area contributed by atoms with Gasteiger partial charge in [-0.25, -0.2) is 9.59 Å². The number of aliphatic carboxylic acids is 1. The number of aliphatic hydroxyl groups is 2. The number of carboxylic acid groups (broad SMARTS) is 2. The summed E-state index contributed by atoms with van der Waals surface area (Å²) in [6.45, 7) is 0. The Kier molecular flexibility index (Phi) is 3.19. The monoisotopic (exact) mass is 266 g/mol. The molecule has 0 saturated heterocycles. The van der Waals surface area contributed by atoms with Gasteiger partial charge in [0.15, 0.2) is 11.8 Å². The van der Waals surface area contributed by atoms with Gasteiger partial charge in [0.05, 0.1) is 5.52 Å². The lowest BCUT2D eigenvalue weighted by atomic mass is 10.0. The number of carbonyl (C=O) groups is 2. The third kappa shape index (κ3) is 2.26. The molecule has 1 aromatic heterocycles. The lowest BCUT2D eigenvalue weighted by Crippen LogP contribution is -2.27. The maximum absolute atomic E-state index is 10.9. The number of aromatic nitrogens is 2. The number of nitrogens with one attached hydrogen (secondary N) is 1. The summed E-state index contributed by atoms with van der Waals surface area (Å²) in [6.07, 6.45) is -3.64. The fourth-order valence-corrected chi connectivity index (χ4v) is 1.70. The van der Waals surface area contributed by atoms with Crippen molar-refractivity contribution in [1.29, 1.82) is 0 Å².